The monoisotopic (exact) mass is 185 g/mol. The van der Waals surface area contributed by atoms with Crippen molar-refractivity contribution in [3.63, 3.8) is 0 Å². The molecule has 1 N–H and O–H groups in total. The minimum atomic E-state index is -0.0374. The lowest BCUT2D eigenvalue weighted by atomic mass is 9.92. The molecule has 0 amide bonds. The Bertz CT molecular complexity index is 138. The lowest BCUT2D eigenvalue weighted by Crippen LogP contribution is -2.40. The van der Waals surface area contributed by atoms with Gasteiger partial charge in [0, 0.05) is 6.04 Å². The summed E-state index contributed by atoms with van der Waals surface area (Å²) < 4.78 is 0. The summed E-state index contributed by atoms with van der Waals surface area (Å²) in [4.78, 5) is 2.52. The molecule has 0 aromatic heterocycles. The third-order valence-corrected chi connectivity index (χ3v) is 3.05. The minimum Gasteiger partial charge on any atom is -0.393 e. The molecular weight excluding hydrogens is 162 g/mol. The summed E-state index contributed by atoms with van der Waals surface area (Å²) >= 11 is 0. The van der Waals surface area contributed by atoms with Crippen LogP contribution in [0.25, 0.3) is 0 Å². The van der Waals surface area contributed by atoms with Gasteiger partial charge in [0.25, 0.3) is 0 Å². The molecule has 1 aliphatic rings. The molecule has 2 unspecified atom stereocenters. The second-order valence-corrected chi connectivity index (χ2v) is 4.10. The van der Waals surface area contributed by atoms with E-state index in [-0.39, 0.29) is 6.10 Å². The Morgan fingerprint density at radius 1 is 1.31 bits per heavy atom. The number of aliphatic hydroxyl groups is 1. The van der Waals surface area contributed by atoms with E-state index < -0.39 is 0 Å². The van der Waals surface area contributed by atoms with Crippen molar-refractivity contribution in [2.75, 3.05) is 13.1 Å². The highest BCUT2D eigenvalue weighted by molar-refractivity contribution is 4.79. The maximum atomic E-state index is 9.57. The van der Waals surface area contributed by atoms with E-state index in [0.29, 0.717) is 6.04 Å². The highest BCUT2D eigenvalue weighted by Gasteiger charge is 2.23. The van der Waals surface area contributed by atoms with Crippen LogP contribution in [0.1, 0.15) is 46.0 Å². The summed E-state index contributed by atoms with van der Waals surface area (Å²) in [5, 5.41) is 9.57. The predicted octanol–water partition coefficient (Wildman–Crippen LogP) is 2.02. The number of nitrogens with zero attached hydrogens (tertiary/aromatic N) is 1. The molecule has 1 aliphatic carbocycles. The molecule has 0 aromatic rings. The van der Waals surface area contributed by atoms with Gasteiger partial charge in [-0.2, -0.15) is 0 Å². The molecule has 0 saturated heterocycles. The minimum absolute atomic E-state index is 0.0374. The van der Waals surface area contributed by atoms with E-state index in [1.165, 1.54) is 25.8 Å². The average Bonchev–Trinajstić information content (AvgIpc) is 2.14. The molecular formula is C11H23NO. The van der Waals surface area contributed by atoms with Crippen molar-refractivity contribution < 1.29 is 5.11 Å². The first-order chi connectivity index (χ1) is 6.27. The van der Waals surface area contributed by atoms with Crippen LogP contribution in [0.15, 0.2) is 0 Å². The summed E-state index contributed by atoms with van der Waals surface area (Å²) in [6.45, 7) is 6.76. The zero-order chi connectivity index (χ0) is 9.68. The Morgan fingerprint density at radius 2 is 2.08 bits per heavy atom. The normalized spacial score (nSPS) is 29.5. The molecule has 1 rings (SSSR count). The Kier molecular flexibility index (Phi) is 4.74. The highest BCUT2D eigenvalue weighted by Crippen LogP contribution is 2.22. The smallest absolute Gasteiger partial charge is 0.0555 e. The summed E-state index contributed by atoms with van der Waals surface area (Å²) in [7, 11) is 0. The van der Waals surface area contributed by atoms with Crippen LogP contribution in [-0.2, 0) is 0 Å². The van der Waals surface area contributed by atoms with Crippen LogP contribution in [-0.4, -0.2) is 35.2 Å². The van der Waals surface area contributed by atoms with Gasteiger partial charge in [0.2, 0.25) is 0 Å². The summed E-state index contributed by atoms with van der Waals surface area (Å²) in [5.41, 5.74) is 0. The van der Waals surface area contributed by atoms with Gasteiger partial charge in [-0.25, -0.2) is 0 Å². The largest absolute Gasteiger partial charge is 0.393 e. The Hall–Kier alpha value is -0.0800. The average molecular weight is 185 g/mol. The van der Waals surface area contributed by atoms with Gasteiger partial charge < -0.3 is 10.0 Å². The fourth-order valence-electron chi connectivity index (χ4n) is 2.36. The third-order valence-electron chi connectivity index (χ3n) is 3.05. The second-order valence-electron chi connectivity index (χ2n) is 4.10. The van der Waals surface area contributed by atoms with E-state index in [0.717, 1.165) is 19.4 Å². The van der Waals surface area contributed by atoms with Crippen LogP contribution in [0.3, 0.4) is 0 Å². The molecule has 0 aromatic carbocycles. The molecule has 2 atom stereocenters. The van der Waals surface area contributed by atoms with E-state index in [2.05, 4.69) is 18.7 Å². The first-order valence-corrected chi connectivity index (χ1v) is 5.70. The Balaban J connectivity index is 2.37. The van der Waals surface area contributed by atoms with Gasteiger partial charge >= 0.3 is 0 Å². The zero-order valence-electron chi connectivity index (χ0n) is 9.00. The van der Waals surface area contributed by atoms with E-state index >= 15 is 0 Å². The number of hydrogen-bond acceptors (Lipinski definition) is 2. The molecule has 1 saturated carbocycles. The zero-order valence-corrected chi connectivity index (χ0v) is 9.00. The van der Waals surface area contributed by atoms with Crippen LogP contribution in [0.4, 0.5) is 0 Å². The Morgan fingerprint density at radius 3 is 2.62 bits per heavy atom. The predicted molar refractivity (Wildman–Crippen MR) is 55.8 cm³/mol. The van der Waals surface area contributed by atoms with Crippen molar-refractivity contribution in [2.24, 2.45) is 0 Å². The van der Waals surface area contributed by atoms with Crippen molar-refractivity contribution in [3.05, 3.63) is 0 Å². The molecule has 1 fully saturated rings. The van der Waals surface area contributed by atoms with Crippen LogP contribution in [0.5, 0.6) is 0 Å². The summed E-state index contributed by atoms with van der Waals surface area (Å²) in [6, 6.07) is 0.647. The van der Waals surface area contributed by atoms with Gasteiger partial charge in [0.05, 0.1) is 6.10 Å². The van der Waals surface area contributed by atoms with Crippen molar-refractivity contribution in [2.45, 2.75) is 58.1 Å². The van der Waals surface area contributed by atoms with Crippen molar-refractivity contribution in [1.29, 1.82) is 0 Å². The molecule has 2 nitrogen and oxygen atoms in total. The van der Waals surface area contributed by atoms with Crippen molar-refractivity contribution >= 4 is 0 Å². The molecule has 0 radical (unpaired) electrons. The van der Waals surface area contributed by atoms with Crippen molar-refractivity contribution in [1.82, 2.24) is 4.90 Å². The maximum Gasteiger partial charge on any atom is 0.0555 e. The van der Waals surface area contributed by atoms with Gasteiger partial charge in [-0.05, 0) is 45.2 Å². The maximum absolute atomic E-state index is 9.57. The molecule has 78 valence electrons. The number of rotatable bonds is 4. The van der Waals surface area contributed by atoms with Crippen LogP contribution in [0, 0.1) is 0 Å². The lowest BCUT2D eigenvalue weighted by Gasteiger charge is -2.35. The quantitative estimate of drug-likeness (QED) is 0.724. The van der Waals surface area contributed by atoms with Gasteiger partial charge in [0.15, 0.2) is 0 Å². The molecule has 2 heteroatoms. The highest BCUT2D eigenvalue weighted by atomic mass is 16.3. The first-order valence-electron chi connectivity index (χ1n) is 5.70. The van der Waals surface area contributed by atoms with E-state index in [1.807, 2.05) is 0 Å². The van der Waals surface area contributed by atoms with Crippen molar-refractivity contribution in [3.8, 4) is 0 Å². The second kappa shape index (κ2) is 5.61. The first kappa shape index (κ1) is 11.0. The van der Waals surface area contributed by atoms with E-state index in [4.69, 9.17) is 0 Å². The fraction of sp³-hybridized carbons (Fsp3) is 1.00. The molecule has 0 heterocycles. The molecule has 0 bridgehead atoms. The Labute approximate surface area is 81.9 Å². The topological polar surface area (TPSA) is 23.5 Å². The van der Waals surface area contributed by atoms with Gasteiger partial charge in [0.1, 0.15) is 0 Å². The summed E-state index contributed by atoms with van der Waals surface area (Å²) in [5.74, 6) is 0. The number of aliphatic hydroxyl groups excluding tert-OH is 1. The standard InChI is InChI=1S/C11H23NO/c1-3-8-12(4-2)10-6-5-7-11(13)9-10/h10-11,13H,3-9H2,1-2H3. The molecule has 13 heavy (non-hydrogen) atoms. The van der Waals surface area contributed by atoms with Gasteiger partial charge in [-0.15, -0.1) is 0 Å². The van der Waals surface area contributed by atoms with Crippen LogP contribution >= 0.6 is 0 Å². The van der Waals surface area contributed by atoms with E-state index in [1.54, 1.807) is 0 Å². The number of hydrogen-bond donors (Lipinski definition) is 1. The molecule has 0 aliphatic heterocycles. The summed E-state index contributed by atoms with van der Waals surface area (Å²) in [6.07, 6.45) is 5.68. The lowest BCUT2D eigenvalue weighted by molar-refractivity contribution is 0.0641. The van der Waals surface area contributed by atoms with Gasteiger partial charge in [-0.3, -0.25) is 0 Å². The van der Waals surface area contributed by atoms with Crippen LogP contribution < -0.4 is 0 Å². The SMILES string of the molecule is CCCN(CC)C1CCCC(O)C1. The van der Waals surface area contributed by atoms with Gasteiger partial charge in [-0.1, -0.05) is 13.8 Å². The third kappa shape index (κ3) is 3.28. The molecule has 0 spiro atoms. The van der Waals surface area contributed by atoms with Crippen LogP contribution in [0.2, 0.25) is 0 Å². The fourth-order valence-corrected chi connectivity index (χ4v) is 2.36. The van der Waals surface area contributed by atoms with E-state index in [9.17, 15) is 5.11 Å².